The SMILES string of the molecule is C=CC(NN)c1cc(OC)cc(OC)c1. The second-order valence-corrected chi connectivity index (χ2v) is 3.03. The minimum Gasteiger partial charge on any atom is -0.497 e. The van der Waals surface area contributed by atoms with Gasteiger partial charge in [0.1, 0.15) is 11.5 Å². The Bertz CT molecular complexity index is 317. The zero-order valence-electron chi connectivity index (χ0n) is 8.99. The molecule has 15 heavy (non-hydrogen) atoms. The van der Waals surface area contributed by atoms with Gasteiger partial charge in [0, 0.05) is 6.07 Å². The highest BCUT2D eigenvalue weighted by atomic mass is 16.5. The maximum absolute atomic E-state index is 5.40. The summed E-state index contributed by atoms with van der Waals surface area (Å²) in [5, 5.41) is 0. The molecule has 1 unspecified atom stereocenters. The van der Waals surface area contributed by atoms with Crippen LogP contribution in [0, 0.1) is 0 Å². The Hall–Kier alpha value is -1.52. The van der Waals surface area contributed by atoms with Gasteiger partial charge in [-0.1, -0.05) is 6.08 Å². The Kier molecular flexibility index (Phi) is 4.15. The number of ether oxygens (including phenoxy) is 2. The van der Waals surface area contributed by atoms with Gasteiger partial charge in [-0.2, -0.15) is 0 Å². The van der Waals surface area contributed by atoms with Gasteiger partial charge in [-0.25, -0.2) is 5.43 Å². The highest BCUT2D eigenvalue weighted by Gasteiger charge is 2.08. The summed E-state index contributed by atoms with van der Waals surface area (Å²) in [5.41, 5.74) is 3.59. The van der Waals surface area contributed by atoms with Gasteiger partial charge in [-0.15, -0.1) is 6.58 Å². The molecule has 82 valence electrons. The molecular formula is C11H16N2O2. The van der Waals surface area contributed by atoms with Gasteiger partial charge in [-0.05, 0) is 17.7 Å². The summed E-state index contributed by atoms with van der Waals surface area (Å²) in [5.74, 6) is 6.85. The number of hydrogen-bond donors (Lipinski definition) is 2. The molecule has 0 bridgehead atoms. The van der Waals surface area contributed by atoms with E-state index in [4.69, 9.17) is 15.3 Å². The van der Waals surface area contributed by atoms with Crippen molar-refractivity contribution in [2.24, 2.45) is 5.84 Å². The molecule has 0 fully saturated rings. The summed E-state index contributed by atoms with van der Waals surface area (Å²) in [7, 11) is 3.22. The minimum atomic E-state index is -0.117. The Morgan fingerprint density at radius 1 is 1.27 bits per heavy atom. The molecule has 1 aromatic rings. The van der Waals surface area contributed by atoms with Gasteiger partial charge >= 0.3 is 0 Å². The van der Waals surface area contributed by atoms with Gasteiger partial charge in [0.15, 0.2) is 0 Å². The zero-order chi connectivity index (χ0) is 11.3. The number of hydrazine groups is 1. The lowest BCUT2D eigenvalue weighted by molar-refractivity contribution is 0.392. The molecule has 0 spiro atoms. The van der Waals surface area contributed by atoms with Crippen molar-refractivity contribution in [2.45, 2.75) is 6.04 Å². The van der Waals surface area contributed by atoms with Gasteiger partial charge in [0.2, 0.25) is 0 Å². The number of rotatable bonds is 5. The van der Waals surface area contributed by atoms with E-state index in [0.29, 0.717) is 0 Å². The number of nitrogens with two attached hydrogens (primary N) is 1. The molecule has 1 aromatic carbocycles. The van der Waals surface area contributed by atoms with Crippen molar-refractivity contribution in [3.63, 3.8) is 0 Å². The fourth-order valence-corrected chi connectivity index (χ4v) is 1.31. The second kappa shape index (κ2) is 5.38. The quantitative estimate of drug-likeness (QED) is 0.436. The van der Waals surface area contributed by atoms with E-state index in [-0.39, 0.29) is 6.04 Å². The molecule has 4 nitrogen and oxygen atoms in total. The van der Waals surface area contributed by atoms with Gasteiger partial charge in [-0.3, -0.25) is 5.84 Å². The molecule has 0 heterocycles. The fraction of sp³-hybridized carbons (Fsp3) is 0.273. The lowest BCUT2D eigenvalue weighted by atomic mass is 10.1. The van der Waals surface area contributed by atoms with Crippen LogP contribution in [0.4, 0.5) is 0 Å². The maximum Gasteiger partial charge on any atom is 0.122 e. The first-order chi connectivity index (χ1) is 7.24. The highest BCUT2D eigenvalue weighted by Crippen LogP contribution is 2.26. The normalized spacial score (nSPS) is 11.9. The van der Waals surface area contributed by atoms with Crippen molar-refractivity contribution >= 4 is 0 Å². The molecule has 0 aliphatic carbocycles. The van der Waals surface area contributed by atoms with E-state index >= 15 is 0 Å². The molecule has 1 rings (SSSR count). The molecular weight excluding hydrogens is 192 g/mol. The van der Waals surface area contributed by atoms with E-state index in [9.17, 15) is 0 Å². The average molecular weight is 208 g/mol. The van der Waals surface area contributed by atoms with Crippen molar-refractivity contribution in [1.29, 1.82) is 0 Å². The van der Waals surface area contributed by atoms with Crippen LogP contribution < -0.4 is 20.7 Å². The van der Waals surface area contributed by atoms with Crippen LogP contribution in [-0.2, 0) is 0 Å². The molecule has 1 atom stereocenters. The Morgan fingerprint density at radius 2 is 1.80 bits per heavy atom. The largest absolute Gasteiger partial charge is 0.497 e. The Balaban J connectivity index is 3.10. The van der Waals surface area contributed by atoms with E-state index < -0.39 is 0 Å². The molecule has 0 aromatic heterocycles. The third-order valence-electron chi connectivity index (χ3n) is 2.15. The number of methoxy groups -OCH3 is 2. The van der Waals surface area contributed by atoms with Crippen LogP contribution in [0.25, 0.3) is 0 Å². The minimum absolute atomic E-state index is 0.117. The summed E-state index contributed by atoms with van der Waals surface area (Å²) < 4.78 is 10.3. The molecule has 0 aliphatic heterocycles. The Labute approximate surface area is 89.7 Å². The summed E-state index contributed by atoms with van der Waals surface area (Å²) >= 11 is 0. The van der Waals surface area contributed by atoms with Crippen LogP contribution >= 0.6 is 0 Å². The van der Waals surface area contributed by atoms with E-state index in [2.05, 4.69) is 12.0 Å². The summed E-state index contributed by atoms with van der Waals surface area (Å²) in [4.78, 5) is 0. The third-order valence-corrected chi connectivity index (χ3v) is 2.15. The molecule has 0 saturated heterocycles. The van der Waals surface area contributed by atoms with Crippen LogP contribution in [0.3, 0.4) is 0 Å². The van der Waals surface area contributed by atoms with E-state index in [1.807, 2.05) is 12.1 Å². The smallest absolute Gasteiger partial charge is 0.122 e. The molecule has 0 saturated carbocycles. The molecule has 0 aliphatic rings. The van der Waals surface area contributed by atoms with Crippen molar-refractivity contribution in [3.8, 4) is 11.5 Å². The number of nitrogens with one attached hydrogen (secondary N) is 1. The predicted molar refractivity (Wildman–Crippen MR) is 59.8 cm³/mol. The van der Waals surface area contributed by atoms with E-state index in [1.165, 1.54) is 0 Å². The number of benzene rings is 1. The average Bonchev–Trinajstić information content (AvgIpc) is 2.30. The van der Waals surface area contributed by atoms with E-state index in [0.717, 1.165) is 17.1 Å². The first kappa shape index (κ1) is 11.6. The van der Waals surface area contributed by atoms with Crippen LogP contribution in [0.2, 0.25) is 0 Å². The fourth-order valence-electron chi connectivity index (χ4n) is 1.31. The Morgan fingerprint density at radius 3 is 2.13 bits per heavy atom. The molecule has 3 N–H and O–H groups in total. The molecule has 0 amide bonds. The first-order valence-corrected chi connectivity index (χ1v) is 4.56. The first-order valence-electron chi connectivity index (χ1n) is 4.56. The van der Waals surface area contributed by atoms with Crippen molar-refractivity contribution in [3.05, 3.63) is 36.4 Å². The lowest BCUT2D eigenvalue weighted by Crippen LogP contribution is -2.26. The van der Waals surface area contributed by atoms with Crippen molar-refractivity contribution < 1.29 is 9.47 Å². The van der Waals surface area contributed by atoms with Crippen LogP contribution in [0.5, 0.6) is 11.5 Å². The molecule has 4 heteroatoms. The van der Waals surface area contributed by atoms with Crippen LogP contribution in [0.1, 0.15) is 11.6 Å². The van der Waals surface area contributed by atoms with Crippen molar-refractivity contribution in [1.82, 2.24) is 5.43 Å². The van der Waals surface area contributed by atoms with Gasteiger partial charge in [0.05, 0.1) is 20.3 Å². The van der Waals surface area contributed by atoms with Gasteiger partial charge < -0.3 is 9.47 Å². The summed E-state index contributed by atoms with van der Waals surface area (Å²) in [6.07, 6.45) is 1.72. The van der Waals surface area contributed by atoms with Gasteiger partial charge in [0.25, 0.3) is 0 Å². The van der Waals surface area contributed by atoms with Crippen LogP contribution in [-0.4, -0.2) is 14.2 Å². The monoisotopic (exact) mass is 208 g/mol. The second-order valence-electron chi connectivity index (χ2n) is 3.03. The number of hydrogen-bond acceptors (Lipinski definition) is 4. The van der Waals surface area contributed by atoms with Crippen molar-refractivity contribution in [2.75, 3.05) is 14.2 Å². The highest BCUT2D eigenvalue weighted by molar-refractivity contribution is 5.40. The lowest BCUT2D eigenvalue weighted by Gasteiger charge is -2.14. The summed E-state index contributed by atoms with van der Waals surface area (Å²) in [6, 6.07) is 5.46. The maximum atomic E-state index is 5.40. The van der Waals surface area contributed by atoms with Crippen LogP contribution in [0.15, 0.2) is 30.9 Å². The summed E-state index contributed by atoms with van der Waals surface area (Å²) in [6.45, 7) is 3.70. The van der Waals surface area contributed by atoms with E-state index in [1.54, 1.807) is 26.4 Å². The molecule has 0 radical (unpaired) electrons. The topological polar surface area (TPSA) is 56.5 Å². The third kappa shape index (κ3) is 2.71. The predicted octanol–water partition coefficient (Wildman–Crippen LogP) is 1.39. The zero-order valence-corrected chi connectivity index (χ0v) is 8.99. The standard InChI is InChI=1S/C11H16N2O2/c1-4-11(13-12)8-5-9(14-2)7-10(6-8)15-3/h4-7,11,13H,1,12H2,2-3H3.